The maximum atomic E-state index is 8.97. The van der Waals surface area contributed by atoms with Crippen molar-refractivity contribution in [3.63, 3.8) is 0 Å². The van der Waals surface area contributed by atoms with Crippen molar-refractivity contribution in [3.8, 4) is 5.75 Å². The molecule has 4 rings (SSSR count). The highest BCUT2D eigenvalue weighted by Gasteiger charge is 2.23. The lowest BCUT2D eigenvalue weighted by Gasteiger charge is -2.33. The fourth-order valence-electron chi connectivity index (χ4n) is 4.02. The van der Waals surface area contributed by atoms with Gasteiger partial charge in [0.2, 0.25) is 0 Å². The molecular weight excluding hydrogens is 442 g/mol. The molecular formula is C24H26ClN5O3. The zero-order chi connectivity index (χ0) is 23.2. The van der Waals surface area contributed by atoms with Gasteiger partial charge in [-0.05, 0) is 36.6 Å². The molecule has 1 aromatic heterocycles. The first kappa shape index (κ1) is 23.1. The third kappa shape index (κ3) is 5.28. The number of hydrogen-bond acceptors (Lipinski definition) is 7. The van der Waals surface area contributed by atoms with Gasteiger partial charge in [-0.15, -0.1) is 10.2 Å². The zero-order valence-electron chi connectivity index (χ0n) is 18.4. The van der Waals surface area contributed by atoms with Crippen molar-refractivity contribution in [2.75, 3.05) is 43.6 Å². The van der Waals surface area contributed by atoms with Crippen LogP contribution in [0.25, 0.3) is 15.6 Å². The Bertz CT molecular complexity index is 1160. The maximum absolute atomic E-state index is 8.97. The summed E-state index contributed by atoms with van der Waals surface area (Å²) in [6, 6.07) is 11.2. The van der Waals surface area contributed by atoms with Crippen molar-refractivity contribution in [2.24, 2.45) is 0 Å². The van der Waals surface area contributed by atoms with Gasteiger partial charge in [-0.25, -0.2) is 4.85 Å². The minimum absolute atomic E-state index is 0.0386. The molecule has 1 fully saturated rings. The summed E-state index contributed by atoms with van der Waals surface area (Å²) in [7, 11) is 1.59. The van der Waals surface area contributed by atoms with E-state index >= 15 is 0 Å². The number of rotatable bonds is 8. The number of aliphatic hydroxyl groups excluding tert-OH is 1. The number of aliphatic hydroxyl groups is 1. The van der Waals surface area contributed by atoms with Gasteiger partial charge < -0.3 is 24.8 Å². The lowest BCUT2D eigenvalue weighted by atomic mass is 10.1. The Hall–Kier alpha value is -3.12. The fraction of sp³-hybridized carbons (Fsp3) is 0.375. The van der Waals surface area contributed by atoms with Gasteiger partial charge >= 0.3 is 0 Å². The first-order valence-electron chi connectivity index (χ1n) is 10.8. The normalized spacial score (nSPS) is 14.3. The SMILES string of the molecule is [C-]#[N+]c1ccc2c(N3CCC(OCCO)CC3)nnc(NCc3ccc(OC)c(Cl)c3)c2c1. The van der Waals surface area contributed by atoms with E-state index in [9.17, 15) is 0 Å². The predicted molar refractivity (Wildman–Crippen MR) is 129 cm³/mol. The summed E-state index contributed by atoms with van der Waals surface area (Å²) in [4.78, 5) is 5.79. The van der Waals surface area contributed by atoms with Crippen molar-refractivity contribution in [3.05, 3.63) is 58.4 Å². The Morgan fingerprint density at radius 3 is 2.70 bits per heavy atom. The highest BCUT2D eigenvalue weighted by Crippen LogP contribution is 2.33. The highest BCUT2D eigenvalue weighted by molar-refractivity contribution is 6.32. The smallest absolute Gasteiger partial charge is 0.188 e. The van der Waals surface area contributed by atoms with E-state index in [2.05, 4.69) is 25.3 Å². The van der Waals surface area contributed by atoms with E-state index in [4.69, 9.17) is 32.8 Å². The Balaban J connectivity index is 1.57. The van der Waals surface area contributed by atoms with Gasteiger partial charge in [-0.2, -0.15) is 0 Å². The van der Waals surface area contributed by atoms with E-state index < -0.39 is 0 Å². The van der Waals surface area contributed by atoms with E-state index in [1.807, 2.05) is 36.4 Å². The van der Waals surface area contributed by atoms with E-state index in [0.29, 0.717) is 35.4 Å². The molecule has 9 heteroatoms. The number of anilines is 2. The van der Waals surface area contributed by atoms with Crippen LogP contribution in [0, 0.1) is 6.57 Å². The van der Waals surface area contributed by atoms with Crippen LogP contribution in [0.15, 0.2) is 36.4 Å². The van der Waals surface area contributed by atoms with Crippen molar-refractivity contribution >= 4 is 39.7 Å². The summed E-state index contributed by atoms with van der Waals surface area (Å²) in [6.45, 7) is 9.91. The average molecular weight is 468 g/mol. The minimum atomic E-state index is 0.0386. The number of hydrogen-bond donors (Lipinski definition) is 2. The summed E-state index contributed by atoms with van der Waals surface area (Å²) in [5.74, 6) is 2.05. The summed E-state index contributed by atoms with van der Waals surface area (Å²) in [5, 5.41) is 23.7. The van der Waals surface area contributed by atoms with E-state index in [0.717, 1.165) is 48.1 Å². The third-order valence-corrected chi connectivity index (χ3v) is 6.03. The summed E-state index contributed by atoms with van der Waals surface area (Å²) >= 11 is 6.25. The lowest BCUT2D eigenvalue weighted by Crippen LogP contribution is -2.38. The van der Waals surface area contributed by atoms with Crippen molar-refractivity contribution < 1.29 is 14.6 Å². The average Bonchev–Trinajstić information content (AvgIpc) is 2.86. The van der Waals surface area contributed by atoms with Crippen LogP contribution < -0.4 is 15.0 Å². The Morgan fingerprint density at radius 1 is 1.18 bits per heavy atom. The second kappa shape index (κ2) is 10.7. The Morgan fingerprint density at radius 2 is 2.00 bits per heavy atom. The van der Waals surface area contributed by atoms with Crippen LogP contribution in [-0.4, -0.2) is 54.8 Å². The molecule has 3 aromatic rings. The fourth-order valence-corrected chi connectivity index (χ4v) is 4.30. The van der Waals surface area contributed by atoms with Crippen molar-refractivity contribution in [2.45, 2.75) is 25.5 Å². The van der Waals surface area contributed by atoms with Gasteiger partial charge in [0.15, 0.2) is 17.3 Å². The maximum Gasteiger partial charge on any atom is 0.188 e. The molecule has 2 heterocycles. The first-order chi connectivity index (χ1) is 16.1. The Labute approximate surface area is 197 Å². The number of aromatic nitrogens is 2. The van der Waals surface area contributed by atoms with Crippen LogP contribution in [0.2, 0.25) is 5.02 Å². The molecule has 172 valence electrons. The minimum Gasteiger partial charge on any atom is -0.495 e. The van der Waals surface area contributed by atoms with Crippen LogP contribution in [0.1, 0.15) is 18.4 Å². The molecule has 0 bridgehead atoms. The summed E-state index contributed by atoms with van der Waals surface area (Å²) < 4.78 is 10.9. The highest BCUT2D eigenvalue weighted by atomic mass is 35.5. The van der Waals surface area contributed by atoms with Crippen LogP contribution in [0.5, 0.6) is 5.75 Å². The molecule has 0 atom stereocenters. The van der Waals surface area contributed by atoms with Crippen molar-refractivity contribution in [1.29, 1.82) is 0 Å². The summed E-state index contributed by atoms with van der Waals surface area (Å²) in [6.07, 6.45) is 1.88. The number of ether oxygens (including phenoxy) is 2. The molecule has 2 N–H and O–H groups in total. The quantitative estimate of drug-likeness (QED) is 0.474. The summed E-state index contributed by atoms with van der Waals surface area (Å²) in [5.41, 5.74) is 1.53. The van der Waals surface area contributed by atoms with Crippen molar-refractivity contribution in [1.82, 2.24) is 10.2 Å². The third-order valence-electron chi connectivity index (χ3n) is 5.74. The molecule has 1 aliphatic rings. The monoisotopic (exact) mass is 467 g/mol. The second-order valence-electron chi connectivity index (χ2n) is 7.82. The molecule has 0 saturated carbocycles. The van der Waals surface area contributed by atoms with E-state index in [1.165, 1.54) is 0 Å². The van der Waals surface area contributed by atoms with Crippen LogP contribution in [0.3, 0.4) is 0 Å². The Kier molecular flexibility index (Phi) is 7.45. The van der Waals surface area contributed by atoms with Gasteiger partial charge in [0.05, 0.1) is 38.0 Å². The number of methoxy groups -OCH3 is 1. The van der Waals surface area contributed by atoms with E-state index in [-0.39, 0.29) is 12.7 Å². The molecule has 2 aromatic carbocycles. The predicted octanol–water partition coefficient (Wildman–Crippen LogP) is 4.43. The molecule has 8 nitrogen and oxygen atoms in total. The molecule has 1 aliphatic heterocycles. The second-order valence-corrected chi connectivity index (χ2v) is 8.22. The molecule has 1 saturated heterocycles. The van der Waals surface area contributed by atoms with Crippen LogP contribution >= 0.6 is 11.6 Å². The first-order valence-corrected chi connectivity index (χ1v) is 11.2. The van der Waals surface area contributed by atoms with Crippen LogP contribution in [-0.2, 0) is 11.3 Å². The number of halogens is 1. The van der Waals surface area contributed by atoms with Gasteiger partial charge in [0.25, 0.3) is 0 Å². The molecule has 33 heavy (non-hydrogen) atoms. The standard InChI is InChI=1S/C24H26ClN5O3/c1-26-17-4-5-19-20(14-17)23(27-15-16-3-6-22(32-2)21(25)13-16)28-29-24(19)30-9-7-18(8-10-30)33-12-11-31/h3-6,13-14,18,31H,7-12,15H2,2H3,(H,27,28). The van der Waals surface area contributed by atoms with Gasteiger partial charge in [-0.1, -0.05) is 29.8 Å². The lowest BCUT2D eigenvalue weighted by molar-refractivity contribution is 0.0158. The number of piperidine rings is 1. The van der Waals surface area contributed by atoms with Gasteiger partial charge in [0, 0.05) is 30.4 Å². The molecule has 0 radical (unpaired) electrons. The molecule has 0 amide bonds. The zero-order valence-corrected chi connectivity index (χ0v) is 19.2. The van der Waals surface area contributed by atoms with E-state index in [1.54, 1.807) is 7.11 Å². The molecule has 0 aliphatic carbocycles. The largest absolute Gasteiger partial charge is 0.495 e. The number of benzene rings is 2. The van der Waals surface area contributed by atoms with Crippen LogP contribution in [0.4, 0.5) is 17.3 Å². The molecule has 0 unspecified atom stereocenters. The topological polar surface area (TPSA) is 84.1 Å². The number of nitrogens with zero attached hydrogens (tertiary/aromatic N) is 4. The molecule has 0 spiro atoms. The van der Waals surface area contributed by atoms with Gasteiger partial charge in [-0.3, -0.25) is 0 Å². The number of fused-ring (bicyclic) bond motifs is 1. The number of nitrogens with one attached hydrogen (secondary N) is 1. The van der Waals surface area contributed by atoms with Gasteiger partial charge in [0.1, 0.15) is 5.75 Å².